The van der Waals surface area contributed by atoms with Gasteiger partial charge in [-0.15, -0.1) is 0 Å². The maximum Gasteiger partial charge on any atom is 0.262 e. The number of benzene rings is 2. The Morgan fingerprint density at radius 1 is 1.03 bits per heavy atom. The van der Waals surface area contributed by atoms with Crippen LogP contribution in [-0.2, 0) is 12.8 Å². The van der Waals surface area contributed by atoms with E-state index in [1.807, 2.05) is 35.2 Å². The van der Waals surface area contributed by atoms with Crippen molar-refractivity contribution in [2.75, 3.05) is 23.3 Å². The normalized spacial score (nSPS) is 23.3. The molecule has 0 radical (unpaired) electrons. The lowest BCUT2D eigenvalue weighted by molar-refractivity contribution is 0.0990. The van der Waals surface area contributed by atoms with Gasteiger partial charge in [-0.1, -0.05) is 42.5 Å². The van der Waals surface area contributed by atoms with Gasteiger partial charge in [0.25, 0.3) is 5.91 Å². The summed E-state index contributed by atoms with van der Waals surface area (Å²) in [6.07, 6.45) is 3.86. The highest BCUT2D eigenvalue weighted by Crippen LogP contribution is 2.61. The molecule has 1 amide bonds. The molecule has 0 saturated heterocycles. The Bertz CT molecular complexity index is 1110. The van der Waals surface area contributed by atoms with Gasteiger partial charge in [-0.25, -0.2) is 4.98 Å². The molecule has 144 valence electrons. The summed E-state index contributed by atoms with van der Waals surface area (Å²) < 4.78 is 0. The third-order valence-corrected chi connectivity index (χ3v) is 6.88. The maximum absolute atomic E-state index is 13.3. The number of anilines is 2. The molecule has 1 aromatic heterocycles. The first-order chi connectivity index (χ1) is 14.3. The molecule has 4 heteroatoms. The lowest BCUT2D eigenvalue weighted by Crippen LogP contribution is -2.30. The number of carbonyl (C=O) groups excluding carboxylic acids is 1. The Balaban J connectivity index is 1.19. The number of carbonyl (C=O) groups is 1. The smallest absolute Gasteiger partial charge is 0.262 e. The van der Waals surface area contributed by atoms with Crippen molar-refractivity contribution in [2.24, 2.45) is 11.8 Å². The molecule has 4 nitrogen and oxygen atoms in total. The van der Waals surface area contributed by atoms with E-state index in [9.17, 15) is 4.79 Å². The van der Waals surface area contributed by atoms with Crippen LogP contribution in [0, 0.1) is 11.8 Å². The number of para-hydroxylation sites is 1. The van der Waals surface area contributed by atoms with Crippen LogP contribution < -0.4 is 10.2 Å². The lowest BCUT2D eigenvalue weighted by atomic mass is 10.0. The van der Waals surface area contributed by atoms with E-state index in [1.54, 1.807) is 6.20 Å². The summed E-state index contributed by atoms with van der Waals surface area (Å²) in [6, 6.07) is 20.7. The summed E-state index contributed by atoms with van der Waals surface area (Å²) in [7, 11) is 0. The Hall–Kier alpha value is -3.14. The van der Waals surface area contributed by atoms with E-state index in [0.717, 1.165) is 31.1 Å². The topological polar surface area (TPSA) is 45.2 Å². The summed E-state index contributed by atoms with van der Waals surface area (Å²) in [5.74, 6) is 2.80. The fourth-order valence-electron chi connectivity index (χ4n) is 5.39. The molecule has 3 aromatic rings. The maximum atomic E-state index is 13.3. The van der Waals surface area contributed by atoms with Gasteiger partial charge in [-0.3, -0.25) is 4.79 Å². The van der Waals surface area contributed by atoms with Crippen LogP contribution in [0.1, 0.15) is 33.0 Å². The minimum Gasteiger partial charge on any atom is -0.369 e. The second-order valence-corrected chi connectivity index (χ2v) is 8.37. The number of rotatable bonds is 4. The van der Waals surface area contributed by atoms with Crippen molar-refractivity contribution in [1.82, 2.24) is 4.98 Å². The van der Waals surface area contributed by atoms with Crippen LogP contribution in [0.5, 0.6) is 0 Å². The molecule has 3 atom stereocenters. The minimum absolute atomic E-state index is 0.0342. The largest absolute Gasteiger partial charge is 0.369 e. The van der Waals surface area contributed by atoms with Crippen molar-refractivity contribution in [3.63, 3.8) is 0 Å². The highest BCUT2D eigenvalue weighted by Gasteiger charge is 2.54. The molecule has 3 unspecified atom stereocenters. The molecule has 6 rings (SSSR count). The quantitative estimate of drug-likeness (QED) is 0.734. The number of hydrogen-bond donors (Lipinski definition) is 1. The number of aromatic nitrogens is 1. The van der Waals surface area contributed by atoms with Gasteiger partial charge in [-0.05, 0) is 65.5 Å². The minimum atomic E-state index is 0.0342. The highest BCUT2D eigenvalue weighted by atomic mass is 16.2. The molecule has 3 aliphatic rings. The van der Waals surface area contributed by atoms with Crippen LogP contribution in [-0.4, -0.2) is 24.0 Å². The third-order valence-electron chi connectivity index (χ3n) is 6.88. The fraction of sp³-hybridized carbons (Fsp3) is 0.280. The molecule has 1 aliphatic heterocycles. The Labute approximate surface area is 170 Å². The summed E-state index contributed by atoms with van der Waals surface area (Å²) in [5.41, 5.74) is 5.97. The molecule has 0 spiro atoms. The first-order valence-corrected chi connectivity index (χ1v) is 10.5. The fourth-order valence-corrected chi connectivity index (χ4v) is 5.39. The molecule has 1 N–H and O–H groups in total. The van der Waals surface area contributed by atoms with E-state index in [0.29, 0.717) is 23.2 Å². The van der Waals surface area contributed by atoms with Crippen LogP contribution in [0.2, 0.25) is 0 Å². The van der Waals surface area contributed by atoms with Crippen LogP contribution >= 0.6 is 0 Å². The van der Waals surface area contributed by atoms with Gasteiger partial charge >= 0.3 is 0 Å². The molecule has 1 fully saturated rings. The second kappa shape index (κ2) is 6.45. The molecular weight excluding hydrogens is 358 g/mol. The van der Waals surface area contributed by atoms with E-state index in [4.69, 9.17) is 0 Å². The van der Waals surface area contributed by atoms with Gasteiger partial charge in [0.15, 0.2) is 0 Å². The summed E-state index contributed by atoms with van der Waals surface area (Å²) in [6.45, 7) is 1.60. The van der Waals surface area contributed by atoms with E-state index < -0.39 is 0 Å². The van der Waals surface area contributed by atoms with Gasteiger partial charge in [0, 0.05) is 25.0 Å². The van der Waals surface area contributed by atoms with Gasteiger partial charge in [-0.2, -0.15) is 0 Å². The monoisotopic (exact) mass is 381 g/mol. The molecule has 0 bridgehead atoms. The number of pyridine rings is 1. The second-order valence-electron chi connectivity index (χ2n) is 8.37. The van der Waals surface area contributed by atoms with E-state index in [-0.39, 0.29) is 5.91 Å². The lowest BCUT2D eigenvalue weighted by Gasteiger charge is -2.19. The molecule has 2 aliphatic carbocycles. The predicted molar refractivity (Wildman–Crippen MR) is 114 cm³/mol. The average Bonchev–Trinajstić information content (AvgIpc) is 3.11. The van der Waals surface area contributed by atoms with Crippen LogP contribution in [0.15, 0.2) is 66.9 Å². The summed E-state index contributed by atoms with van der Waals surface area (Å²) >= 11 is 0. The molecular formula is C25H23N3O. The van der Waals surface area contributed by atoms with Gasteiger partial charge in [0.1, 0.15) is 5.82 Å². The predicted octanol–water partition coefficient (Wildman–Crippen LogP) is 4.28. The van der Waals surface area contributed by atoms with E-state index in [2.05, 4.69) is 40.6 Å². The zero-order chi connectivity index (χ0) is 19.4. The summed E-state index contributed by atoms with van der Waals surface area (Å²) in [4.78, 5) is 19.7. The van der Waals surface area contributed by atoms with Crippen molar-refractivity contribution >= 4 is 17.4 Å². The van der Waals surface area contributed by atoms with Crippen molar-refractivity contribution in [3.05, 3.63) is 89.1 Å². The van der Waals surface area contributed by atoms with Gasteiger partial charge in [0.2, 0.25) is 0 Å². The Morgan fingerprint density at radius 2 is 1.86 bits per heavy atom. The van der Waals surface area contributed by atoms with Gasteiger partial charge in [0.05, 0.1) is 5.56 Å². The van der Waals surface area contributed by atoms with Crippen molar-refractivity contribution in [1.29, 1.82) is 0 Å². The Morgan fingerprint density at radius 3 is 2.79 bits per heavy atom. The van der Waals surface area contributed by atoms with Crippen molar-refractivity contribution in [3.8, 4) is 0 Å². The summed E-state index contributed by atoms with van der Waals surface area (Å²) in [5, 5.41) is 3.50. The average molecular weight is 381 g/mol. The number of hydrogen-bond acceptors (Lipinski definition) is 3. The zero-order valence-electron chi connectivity index (χ0n) is 16.2. The SMILES string of the molecule is O=C(c1cccnc1NCC1C2Cc3ccccc3C12)N1CCc2ccccc21. The number of fused-ring (bicyclic) bond motifs is 4. The highest BCUT2D eigenvalue weighted by molar-refractivity contribution is 6.10. The number of amides is 1. The molecule has 2 aromatic carbocycles. The zero-order valence-corrected chi connectivity index (χ0v) is 16.2. The van der Waals surface area contributed by atoms with Crippen molar-refractivity contribution < 1.29 is 4.79 Å². The first-order valence-electron chi connectivity index (χ1n) is 10.5. The number of nitrogens with one attached hydrogen (secondary N) is 1. The molecule has 2 heterocycles. The number of nitrogens with zero attached hydrogens (tertiary/aromatic N) is 2. The molecule has 29 heavy (non-hydrogen) atoms. The van der Waals surface area contributed by atoms with Crippen molar-refractivity contribution in [2.45, 2.75) is 18.8 Å². The standard InChI is InChI=1S/C25H23N3O/c29-25(28-13-11-16-6-2-4-10-22(16)28)19-9-5-12-26-24(19)27-15-21-20-14-17-7-1-3-8-18(17)23(20)21/h1-10,12,20-21,23H,11,13-15H2,(H,26,27). The molecule has 1 saturated carbocycles. The third kappa shape index (κ3) is 2.66. The van der Waals surface area contributed by atoms with E-state index in [1.165, 1.54) is 23.1 Å². The van der Waals surface area contributed by atoms with Crippen LogP contribution in [0.3, 0.4) is 0 Å². The first kappa shape index (κ1) is 16.8. The van der Waals surface area contributed by atoms with Crippen LogP contribution in [0.4, 0.5) is 11.5 Å². The van der Waals surface area contributed by atoms with Crippen LogP contribution in [0.25, 0.3) is 0 Å². The Kier molecular flexibility index (Phi) is 3.73. The van der Waals surface area contributed by atoms with E-state index >= 15 is 0 Å². The van der Waals surface area contributed by atoms with Gasteiger partial charge < -0.3 is 10.2 Å².